The van der Waals surface area contributed by atoms with Crippen molar-refractivity contribution in [3.05, 3.63) is 22.7 Å². The van der Waals surface area contributed by atoms with Gasteiger partial charge in [-0.3, -0.25) is 4.79 Å². The predicted molar refractivity (Wildman–Crippen MR) is 89.3 cm³/mol. The van der Waals surface area contributed by atoms with Crippen LogP contribution in [0.3, 0.4) is 0 Å². The molecule has 0 aromatic carbocycles. The summed E-state index contributed by atoms with van der Waals surface area (Å²) < 4.78 is 5.52. The largest absolute Gasteiger partial charge is 0.397 e. The molecule has 0 radical (unpaired) electrons. The van der Waals surface area contributed by atoms with Crippen molar-refractivity contribution in [1.29, 1.82) is 0 Å². The molecule has 1 amide bonds. The molecule has 1 atom stereocenters. The Labute approximate surface area is 133 Å². The maximum Gasteiger partial charge on any atom is 0.263 e. The van der Waals surface area contributed by atoms with Crippen LogP contribution in [0.5, 0.6) is 0 Å². The molecule has 3 N–H and O–H groups in total. The van der Waals surface area contributed by atoms with E-state index in [2.05, 4.69) is 17.2 Å². The third-order valence-corrected chi connectivity index (χ3v) is 4.99. The molecule has 1 unspecified atom stereocenters. The van der Waals surface area contributed by atoms with Gasteiger partial charge in [-0.05, 0) is 31.4 Å². The highest BCUT2D eigenvalue weighted by Crippen LogP contribution is 2.32. The fraction of sp³-hybridized carbons (Fsp3) is 0.500. The van der Waals surface area contributed by atoms with Gasteiger partial charge in [0.05, 0.1) is 11.8 Å². The van der Waals surface area contributed by atoms with Gasteiger partial charge in [0.2, 0.25) is 0 Å². The number of hydrogen-bond acceptors (Lipinski definition) is 5. The summed E-state index contributed by atoms with van der Waals surface area (Å²) in [6.45, 7) is 3.45. The Bertz CT molecular complexity index is 677. The number of hydrogen-bond donors (Lipinski definition) is 2. The van der Waals surface area contributed by atoms with E-state index in [9.17, 15) is 4.79 Å². The summed E-state index contributed by atoms with van der Waals surface area (Å²) in [5.74, 6) is -0.131. The minimum Gasteiger partial charge on any atom is -0.397 e. The van der Waals surface area contributed by atoms with Gasteiger partial charge in [0.1, 0.15) is 9.71 Å². The zero-order valence-corrected chi connectivity index (χ0v) is 13.5. The minimum absolute atomic E-state index is 0.131. The molecule has 0 spiro atoms. The summed E-state index contributed by atoms with van der Waals surface area (Å²) in [7, 11) is 0. The first-order chi connectivity index (χ1) is 10.7. The van der Waals surface area contributed by atoms with Crippen molar-refractivity contribution in [3.8, 4) is 0 Å². The molecule has 2 aromatic heterocycles. The summed E-state index contributed by atoms with van der Waals surface area (Å²) in [5, 5.41) is 3.79. The molecular formula is C16H21N3O2S. The first kappa shape index (κ1) is 15.2. The molecule has 0 saturated carbocycles. The topological polar surface area (TPSA) is 77.2 Å². The van der Waals surface area contributed by atoms with Crippen LogP contribution in [-0.2, 0) is 11.2 Å². The average Bonchev–Trinajstić information content (AvgIpc) is 3.13. The number of nitrogens with one attached hydrogen (secondary N) is 1. The second-order valence-electron chi connectivity index (χ2n) is 5.60. The van der Waals surface area contributed by atoms with Crippen LogP contribution in [0.1, 0.15) is 41.6 Å². The molecule has 1 fully saturated rings. The summed E-state index contributed by atoms with van der Waals surface area (Å²) in [5.41, 5.74) is 7.70. The van der Waals surface area contributed by atoms with E-state index >= 15 is 0 Å². The molecule has 1 aliphatic heterocycles. The predicted octanol–water partition coefficient (Wildman–Crippen LogP) is 2.74. The number of thiophene rings is 1. The lowest BCUT2D eigenvalue weighted by Crippen LogP contribution is -2.31. The van der Waals surface area contributed by atoms with E-state index in [0.29, 0.717) is 17.1 Å². The first-order valence-corrected chi connectivity index (χ1v) is 8.58. The van der Waals surface area contributed by atoms with Gasteiger partial charge in [-0.25, -0.2) is 4.98 Å². The van der Waals surface area contributed by atoms with Crippen LogP contribution in [0.25, 0.3) is 10.2 Å². The highest BCUT2D eigenvalue weighted by molar-refractivity contribution is 7.21. The van der Waals surface area contributed by atoms with Crippen molar-refractivity contribution in [2.45, 2.75) is 38.7 Å². The Morgan fingerprint density at radius 2 is 2.41 bits per heavy atom. The van der Waals surface area contributed by atoms with Gasteiger partial charge < -0.3 is 15.8 Å². The molecule has 0 bridgehead atoms. The molecule has 118 valence electrons. The maximum atomic E-state index is 12.3. The number of aromatic nitrogens is 1. The van der Waals surface area contributed by atoms with Gasteiger partial charge in [-0.1, -0.05) is 13.3 Å². The van der Waals surface area contributed by atoms with Gasteiger partial charge in [0.15, 0.2) is 0 Å². The van der Waals surface area contributed by atoms with E-state index in [1.165, 1.54) is 11.3 Å². The molecule has 0 aliphatic carbocycles. The third-order valence-electron chi connectivity index (χ3n) is 3.88. The fourth-order valence-corrected chi connectivity index (χ4v) is 3.72. The number of anilines is 1. The molecule has 6 heteroatoms. The summed E-state index contributed by atoms with van der Waals surface area (Å²) in [4.78, 5) is 18.3. The smallest absolute Gasteiger partial charge is 0.263 e. The van der Waals surface area contributed by atoms with Crippen molar-refractivity contribution in [3.63, 3.8) is 0 Å². The van der Waals surface area contributed by atoms with Crippen molar-refractivity contribution < 1.29 is 9.53 Å². The zero-order chi connectivity index (χ0) is 15.5. The van der Waals surface area contributed by atoms with Gasteiger partial charge in [-0.15, -0.1) is 11.3 Å². The van der Waals surface area contributed by atoms with E-state index < -0.39 is 0 Å². The van der Waals surface area contributed by atoms with Crippen molar-refractivity contribution in [2.75, 3.05) is 18.9 Å². The summed E-state index contributed by atoms with van der Waals surface area (Å²) in [6.07, 6.45) is 4.19. The van der Waals surface area contributed by atoms with Crippen LogP contribution in [0, 0.1) is 0 Å². The summed E-state index contributed by atoms with van der Waals surface area (Å²) >= 11 is 1.37. The van der Waals surface area contributed by atoms with Gasteiger partial charge >= 0.3 is 0 Å². The number of nitrogen functional groups attached to an aromatic ring is 1. The lowest BCUT2D eigenvalue weighted by molar-refractivity contribution is 0.0862. The fourth-order valence-electron chi connectivity index (χ4n) is 2.69. The number of amides is 1. The Morgan fingerprint density at radius 1 is 1.55 bits per heavy atom. The number of nitrogens with two attached hydrogens (primary N) is 1. The highest BCUT2D eigenvalue weighted by atomic mass is 32.1. The van der Waals surface area contributed by atoms with E-state index in [1.807, 2.05) is 12.1 Å². The number of rotatable bonds is 5. The number of carbonyl (C=O) groups excluding carboxylic acids is 1. The second kappa shape index (κ2) is 6.62. The minimum atomic E-state index is -0.131. The lowest BCUT2D eigenvalue weighted by Gasteiger charge is -2.10. The van der Waals surface area contributed by atoms with Crippen molar-refractivity contribution in [1.82, 2.24) is 10.3 Å². The normalized spacial score (nSPS) is 18.0. The summed E-state index contributed by atoms with van der Waals surface area (Å²) in [6, 6.07) is 3.96. The second-order valence-corrected chi connectivity index (χ2v) is 6.59. The molecule has 1 saturated heterocycles. The SMILES string of the molecule is CCCc1ccc2c(N)c(C(=O)NCC3CCCO3)sc2n1. The standard InChI is InChI=1S/C16H21N3O2S/c1-2-4-10-6-7-12-13(17)14(22-16(12)19-10)15(20)18-9-11-5-3-8-21-11/h6-7,11H,2-5,8-9,17H2,1H3,(H,18,20). The molecule has 3 heterocycles. The first-order valence-electron chi connectivity index (χ1n) is 7.76. The lowest BCUT2D eigenvalue weighted by atomic mass is 10.2. The van der Waals surface area contributed by atoms with Crippen LogP contribution in [0.4, 0.5) is 5.69 Å². The monoisotopic (exact) mass is 319 g/mol. The highest BCUT2D eigenvalue weighted by Gasteiger charge is 2.20. The van der Waals surface area contributed by atoms with E-state index in [-0.39, 0.29) is 12.0 Å². The molecular weight excluding hydrogens is 298 g/mol. The zero-order valence-electron chi connectivity index (χ0n) is 12.7. The number of pyridine rings is 1. The maximum absolute atomic E-state index is 12.3. The molecule has 22 heavy (non-hydrogen) atoms. The van der Waals surface area contributed by atoms with E-state index in [4.69, 9.17) is 10.5 Å². The molecule has 1 aliphatic rings. The Hall–Kier alpha value is -1.66. The van der Waals surface area contributed by atoms with Gasteiger partial charge in [0, 0.05) is 24.2 Å². The number of ether oxygens (including phenoxy) is 1. The molecule has 2 aromatic rings. The molecule has 5 nitrogen and oxygen atoms in total. The van der Waals surface area contributed by atoms with E-state index in [1.54, 1.807) is 0 Å². The van der Waals surface area contributed by atoms with Gasteiger partial charge in [0.25, 0.3) is 5.91 Å². The number of nitrogens with zero attached hydrogens (tertiary/aromatic N) is 1. The van der Waals surface area contributed by atoms with Crippen molar-refractivity contribution >= 4 is 33.1 Å². The number of fused-ring (bicyclic) bond motifs is 1. The van der Waals surface area contributed by atoms with Crippen LogP contribution < -0.4 is 11.1 Å². The average molecular weight is 319 g/mol. The van der Waals surface area contributed by atoms with Crippen molar-refractivity contribution in [2.24, 2.45) is 0 Å². The number of aryl methyl sites for hydroxylation is 1. The molecule has 3 rings (SSSR count). The van der Waals surface area contributed by atoms with Crippen LogP contribution in [0.2, 0.25) is 0 Å². The van der Waals surface area contributed by atoms with E-state index in [0.717, 1.165) is 48.2 Å². The van der Waals surface area contributed by atoms with Crippen LogP contribution in [0.15, 0.2) is 12.1 Å². The quantitative estimate of drug-likeness (QED) is 0.888. The third kappa shape index (κ3) is 3.08. The Kier molecular flexibility index (Phi) is 4.59. The van der Waals surface area contributed by atoms with Crippen LogP contribution >= 0.6 is 11.3 Å². The Balaban J connectivity index is 1.77. The Morgan fingerprint density at radius 3 is 3.14 bits per heavy atom. The van der Waals surface area contributed by atoms with Gasteiger partial charge in [-0.2, -0.15) is 0 Å². The number of carbonyl (C=O) groups is 1. The van der Waals surface area contributed by atoms with Crippen LogP contribution in [-0.4, -0.2) is 30.1 Å².